The molecule has 2 rings (SSSR count). The third-order valence-corrected chi connectivity index (χ3v) is 4.36. The topological polar surface area (TPSA) is 84.0 Å². The molecule has 7 nitrogen and oxygen atoms in total. The van der Waals surface area contributed by atoms with E-state index in [-0.39, 0.29) is 12.0 Å². The van der Waals surface area contributed by atoms with Crippen molar-refractivity contribution in [3.63, 3.8) is 0 Å². The molecule has 7 heteroatoms. The lowest BCUT2D eigenvalue weighted by Gasteiger charge is -2.12. The first kappa shape index (κ1) is 22.2. The molecular formula is C21H34N4O3. The van der Waals surface area contributed by atoms with Crippen LogP contribution in [0, 0.1) is 0 Å². The Hall–Kier alpha value is -2.12. The van der Waals surface area contributed by atoms with Crippen LogP contribution in [0.25, 0.3) is 0 Å². The number of ether oxygens (including phenoxy) is 2. The number of hydrogen-bond acceptors (Lipinski definition) is 4. The van der Waals surface area contributed by atoms with Gasteiger partial charge in [0.2, 0.25) is 0 Å². The number of guanidine groups is 1. The Morgan fingerprint density at radius 2 is 2.00 bits per heavy atom. The molecule has 1 heterocycles. The molecule has 1 fully saturated rings. The molecule has 0 bridgehead atoms. The highest BCUT2D eigenvalue weighted by Gasteiger charge is 2.14. The average Bonchev–Trinajstić information content (AvgIpc) is 3.24. The second kappa shape index (κ2) is 14.0. The SMILES string of the molecule is CCNC(=NCCCNC(=O)c1ccccc1)NCCCOCC1CCCO1. The molecule has 3 N–H and O–H groups in total. The van der Waals surface area contributed by atoms with E-state index in [2.05, 4.69) is 20.9 Å². The number of carbonyl (C=O) groups excluding carboxylic acids is 1. The number of carbonyl (C=O) groups is 1. The molecule has 28 heavy (non-hydrogen) atoms. The lowest BCUT2D eigenvalue weighted by Crippen LogP contribution is -2.38. The Balaban J connectivity index is 1.53. The number of aliphatic imine (C=N–C) groups is 1. The number of amides is 1. The van der Waals surface area contributed by atoms with Crippen LogP contribution in [0.5, 0.6) is 0 Å². The zero-order valence-electron chi connectivity index (χ0n) is 16.9. The van der Waals surface area contributed by atoms with E-state index in [1.807, 2.05) is 37.3 Å². The summed E-state index contributed by atoms with van der Waals surface area (Å²) in [4.78, 5) is 16.5. The van der Waals surface area contributed by atoms with E-state index in [0.717, 1.165) is 57.9 Å². The van der Waals surface area contributed by atoms with Crippen molar-refractivity contribution in [3.05, 3.63) is 35.9 Å². The predicted molar refractivity (Wildman–Crippen MR) is 112 cm³/mol. The maximum atomic E-state index is 12.0. The smallest absolute Gasteiger partial charge is 0.251 e. The summed E-state index contributed by atoms with van der Waals surface area (Å²) >= 11 is 0. The Bertz CT molecular complexity index is 574. The molecule has 0 aliphatic carbocycles. The van der Waals surface area contributed by atoms with Gasteiger partial charge in [-0.15, -0.1) is 0 Å². The standard InChI is InChI=1S/C21H34N4O3/c1-2-22-21(25-14-8-15-27-17-19-11-6-16-28-19)24-13-7-12-23-20(26)18-9-4-3-5-10-18/h3-5,9-10,19H,2,6-8,11-17H2,1H3,(H,23,26)(H2,22,24,25). The van der Waals surface area contributed by atoms with Crippen molar-refractivity contribution in [2.24, 2.45) is 4.99 Å². The van der Waals surface area contributed by atoms with Crippen molar-refractivity contribution in [3.8, 4) is 0 Å². The van der Waals surface area contributed by atoms with Gasteiger partial charge in [-0.2, -0.15) is 0 Å². The number of rotatable bonds is 12. The van der Waals surface area contributed by atoms with Crippen LogP contribution in [-0.4, -0.2) is 64.0 Å². The summed E-state index contributed by atoms with van der Waals surface area (Å²) in [5.41, 5.74) is 0.683. The number of hydrogen-bond donors (Lipinski definition) is 3. The van der Waals surface area contributed by atoms with Gasteiger partial charge < -0.3 is 25.4 Å². The van der Waals surface area contributed by atoms with Crippen molar-refractivity contribution in [1.82, 2.24) is 16.0 Å². The fourth-order valence-electron chi connectivity index (χ4n) is 2.88. The van der Waals surface area contributed by atoms with Gasteiger partial charge in [0.1, 0.15) is 0 Å². The Morgan fingerprint density at radius 3 is 2.75 bits per heavy atom. The highest BCUT2D eigenvalue weighted by molar-refractivity contribution is 5.94. The second-order valence-corrected chi connectivity index (χ2v) is 6.73. The minimum Gasteiger partial charge on any atom is -0.379 e. The molecule has 1 aromatic carbocycles. The zero-order valence-corrected chi connectivity index (χ0v) is 16.9. The normalized spacial score (nSPS) is 16.8. The molecule has 1 amide bonds. The second-order valence-electron chi connectivity index (χ2n) is 6.73. The predicted octanol–water partition coefficient (Wildman–Crippen LogP) is 1.95. The molecular weight excluding hydrogens is 356 g/mol. The van der Waals surface area contributed by atoms with Crippen LogP contribution < -0.4 is 16.0 Å². The summed E-state index contributed by atoms with van der Waals surface area (Å²) < 4.78 is 11.2. The molecule has 1 unspecified atom stereocenters. The van der Waals surface area contributed by atoms with Crippen LogP contribution in [0.3, 0.4) is 0 Å². The third-order valence-electron chi connectivity index (χ3n) is 4.36. The molecule has 0 saturated carbocycles. The largest absolute Gasteiger partial charge is 0.379 e. The van der Waals surface area contributed by atoms with E-state index in [4.69, 9.17) is 9.47 Å². The zero-order chi connectivity index (χ0) is 19.9. The quantitative estimate of drug-likeness (QED) is 0.289. The Labute approximate surface area is 168 Å². The fourth-order valence-corrected chi connectivity index (χ4v) is 2.88. The summed E-state index contributed by atoms with van der Waals surface area (Å²) in [6.45, 7) is 7.21. The summed E-state index contributed by atoms with van der Waals surface area (Å²) in [6, 6.07) is 9.25. The van der Waals surface area contributed by atoms with Crippen LogP contribution in [0.2, 0.25) is 0 Å². The fraction of sp³-hybridized carbons (Fsp3) is 0.619. The third kappa shape index (κ3) is 9.19. The van der Waals surface area contributed by atoms with Gasteiger partial charge in [0.05, 0.1) is 12.7 Å². The van der Waals surface area contributed by atoms with Crippen LogP contribution >= 0.6 is 0 Å². The molecule has 156 valence electrons. The summed E-state index contributed by atoms with van der Waals surface area (Å²) in [5, 5.41) is 9.47. The van der Waals surface area contributed by atoms with Gasteiger partial charge in [0.25, 0.3) is 5.91 Å². The first-order chi connectivity index (χ1) is 13.8. The highest BCUT2D eigenvalue weighted by atomic mass is 16.5. The molecule has 1 atom stereocenters. The van der Waals surface area contributed by atoms with E-state index in [0.29, 0.717) is 25.3 Å². The first-order valence-electron chi connectivity index (χ1n) is 10.3. The van der Waals surface area contributed by atoms with Gasteiger partial charge in [0, 0.05) is 45.0 Å². The lowest BCUT2D eigenvalue weighted by molar-refractivity contribution is 0.0168. The monoisotopic (exact) mass is 390 g/mol. The van der Waals surface area contributed by atoms with Gasteiger partial charge >= 0.3 is 0 Å². The number of nitrogens with zero attached hydrogens (tertiary/aromatic N) is 1. The molecule has 1 aliphatic heterocycles. The molecule has 1 aromatic rings. The van der Waals surface area contributed by atoms with Crippen LogP contribution in [0.1, 0.15) is 43.0 Å². The summed E-state index contributed by atoms with van der Waals surface area (Å²) in [6.07, 6.45) is 4.26. The van der Waals surface area contributed by atoms with Gasteiger partial charge in [-0.3, -0.25) is 9.79 Å². The Kier molecular flexibility index (Phi) is 11.1. The number of benzene rings is 1. The Morgan fingerprint density at radius 1 is 1.18 bits per heavy atom. The summed E-state index contributed by atoms with van der Waals surface area (Å²) in [7, 11) is 0. The van der Waals surface area contributed by atoms with E-state index >= 15 is 0 Å². The van der Waals surface area contributed by atoms with E-state index < -0.39 is 0 Å². The molecule has 1 aliphatic rings. The van der Waals surface area contributed by atoms with Crippen LogP contribution in [0.15, 0.2) is 35.3 Å². The average molecular weight is 391 g/mol. The van der Waals surface area contributed by atoms with Gasteiger partial charge in [-0.05, 0) is 44.7 Å². The van der Waals surface area contributed by atoms with Crippen molar-refractivity contribution in [1.29, 1.82) is 0 Å². The first-order valence-corrected chi connectivity index (χ1v) is 10.3. The molecule has 0 aromatic heterocycles. The van der Waals surface area contributed by atoms with Crippen molar-refractivity contribution in [2.45, 2.75) is 38.7 Å². The van der Waals surface area contributed by atoms with Crippen molar-refractivity contribution >= 4 is 11.9 Å². The van der Waals surface area contributed by atoms with Gasteiger partial charge in [-0.25, -0.2) is 0 Å². The van der Waals surface area contributed by atoms with Crippen molar-refractivity contribution in [2.75, 3.05) is 46.0 Å². The van der Waals surface area contributed by atoms with Crippen LogP contribution in [0.4, 0.5) is 0 Å². The highest BCUT2D eigenvalue weighted by Crippen LogP contribution is 2.11. The molecule has 1 saturated heterocycles. The maximum absolute atomic E-state index is 12.0. The minimum atomic E-state index is -0.0439. The summed E-state index contributed by atoms with van der Waals surface area (Å²) in [5.74, 6) is 0.758. The maximum Gasteiger partial charge on any atom is 0.251 e. The van der Waals surface area contributed by atoms with E-state index in [1.165, 1.54) is 0 Å². The van der Waals surface area contributed by atoms with Crippen LogP contribution in [-0.2, 0) is 9.47 Å². The van der Waals surface area contributed by atoms with E-state index in [1.54, 1.807) is 0 Å². The van der Waals surface area contributed by atoms with Gasteiger partial charge in [0.15, 0.2) is 5.96 Å². The number of nitrogens with one attached hydrogen (secondary N) is 3. The molecule has 0 radical (unpaired) electrons. The van der Waals surface area contributed by atoms with Gasteiger partial charge in [-0.1, -0.05) is 18.2 Å². The minimum absolute atomic E-state index is 0.0439. The van der Waals surface area contributed by atoms with E-state index in [9.17, 15) is 4.79 Å². The van der Waals surface area contributed by atoms with Crippen molar-refractivity contribution < 1.29 is 14.3 Å². The lowest BCUT2D eigenvalue weighted by atomic mass is 10.2. The molecule has 0 spiro atoms.